The summed E-state index contributed by atoms with van der Waals surface area (Å²) in [5.74, 6) is 0.766. The number of hydrogen-bond donors (Lipinski definition) is 1. The van der Waals surface area contributed by atoms with Crippen molar-refractivity contribution in [2.75, 3.05) is 19.8 Å². The molecule has 114 valence electrons. The Morgan fingerprint density at radius 2 is 1.95 bits per heavy atom. The molecule has 2 nitrogen and oxygen atoms in total. The standard InChI is InChI=1S/C18H31NO/c1-6-19-18(13-20-11-7-8-14(2)3)17-12-15(4)9-10-16(17)5/h9-10,12,14,18-19H,6-8,11,13H2,1-5H3. The van der Waals surface area contributed by atoms with Crippen molar-refractivity contribution in [1.82, 2.24) is 5.32 Å². The van der Waals surface area contributed by atoms with Crippen molar-refractivity contribution < 1.29 is 4.74 Å². The number of nitrogens with one attached hydrogen (secondary N) is 1. The molecule has 0 saturated carbocycles. The summed E-state index contributed by atoms with van der Waals surface area (Å²) in [4.78, 5) is 0. The first kappa shape index (κ1) is 17.2. The Bertz CT molecular complexity index is 387. The summed E-state index contributed by atoms with van der Waals surface area (Å²) in [6.07, 6.45) is 2.40. The molecule has 1 atom stereocenters. The SMILES string of the molecule is CCNC(COCCCC(C)C)c1cc(C)ccc1C. The minimum atomic E-state index is 0.305. The average molecular weight is 277 g/mol. The van der Waals surface area contributed by atoms with Crippen molar-refractivity contribution in [3.05, 3.63) is 34.9 Å². The normalized spacial score (nSPS) is 12.9. The van der Waals surface area contributed by atoms with Crippen molar-refractivity contribution in [2.45, 2.75) is 53.5 Å². The molecule has 0 amide bonds. The van der Waals surface area contributed by atoms with Crippen LogP contribution in [0.3, 0.4) is 0 Å². The Morgan fingerprint density at radius 3 is 2.60 bits per heavy atom. The van der Waals surface area contributed by atoms with E-state index in [1.165, 1.54) is 23.1 Å². The molecule has 0 spiro atoms. The molecule has 0 aromatic heterocycles. The highest BCUT2D eigenvalue weighted by atomic mass is 16.5. The first-order chi connectivity index (χ1) is 9.54. The van der Waals surface area contributed by atoms with Gasteiger partial charge in [0, 0.05) is 6.61 Å². The Labute approximate surface area is 124 Å². The van der Waals surface area contributed by atoms with E-state index in [1.807, 2.05) is 0 Å². The van der Waals surface area contributed by atoms with E-state index in [4.69, 9.17) is 4.74 Å². The molecule has 0 aliphatic heterocycles. The summed E-state index contributed by atoms with van der Waals surface area (Å²) in [7, 11) is 0. The lowest BCUT2D eigenvalue weighted by molar-refractivity contribution is 0.106. The molecule has 1 unspecified atom stereocenters. The molecular formula is C18H31NO. The monoisotopic (exact) mass is 277 g/mol. The van der Waals surface area contributed by atoms with E-state index in [0.717, 1.165) is 32.1 Å². The second kappa shape index (κ2) is 9.15. The summed E-state index contributed by atoms with van der Waals surface area (Å²) in [5.41, 5.74) is 4.02. The molecule has 20 heavy (non-hydrogen) atoms. The van der Waals surface area contributed by atoms with E-state index in [9.17, 15) is 0 Å². The fraction of sp³-hybridized carbons (Fsp3) is 0.667. The fourth-order valence-electron chi connectivity index (χ4n) is 2.44. The molecule has 0 fully saturated rings. The van der Waals surface area contributed by atoms with Crippen LogP contribution in [0.4, 0.5) is 0 Å². The van der Waals surface area contributed by atoms with E-state index in [1.54, 1.807) is 0 Å². The van der Waals surface area contributed by atoms with Gasteiger partial charge >= 0.3 is 0 Å². The first-order valence-electron chi connectivity index (χ1n) is 7.92. The summed E-state index contributed by atoms with van der Waals surface area (Å²) in [6.45, 7) is 13.6. The third kappa shape index (κ3) is 6.06. The van der Waals surface area contributed by atoms with Gasteiger partial charge in [0.05, 0.1) is 12.6 Å². The van der Waals surface area contributed by atoms with Crippen LogP contribution in [-0.4, -0.2) is 19.8 Å². The van der Waals surface area contributed by atoms with Gasteiger partial charge in [-0.1, -0.05) is 44.5 Å². The van der Waals surface area contributed by atoms with Crippen molar-refractivity contribution in [2.24, 2.45) is 5.92 Å². The van der Waals surface area contributed by atoms with Crippen LogP contribution in [0, 0.1) is 19.8 Å². The highest BCUT2D eigenvalue weighted by Gasteiger charge is 2.13. The van der Waals surface area contributed by atoms with E-state index >= 15 is 0 Å². The van der Waals surface area contributed by atoms with Gasteiger partial charge < -0.3 is 10.1 Å². The highest BCUT2D eigenvalue weighted by Crippen LogP contribution is 2.20. The van der Waals surface area contributed by atoms with Crippen LogP contribution < -0.4 is 5.32 Å². The molecular weight excluding hydrogens is 246 g/mol. The first-order valence-corrected chi connectivity index (χ1v) is 7.92. The van der Waals surface area contributed by atoms with E-state index in [-0.39, 0.29) is 0 Å². The summed E-state index contributed by atoms with van der Waals surface area (Å²) in [6, 6.07) is 6.96. The number of aryl methyl sites for hydroxylation is 2. The van der Waals surface area contributed by atoms with Crippen molar-refractivity contribution >= 4 is 0 Å². The summed E-state index contributed by atoms with van der Waals surface area (Å²) >= 11 is 0. The van der Waals surface area contributed by atoms with Crippen LogP contribution in [-0.2, 0) is 4.74 Å². The molecule has 0 bridgehead atoms. The largest absolute Gasteiger partial charge is 0.379 e. The molecule has 1 N–H and O–H groups in total. The maximum Gasteiger partial charge on any atom is 0.0661 e. The van der Waals surface area contributed by atoms with Gasteiger partial charge in [-0.05, 0) is 50.3 Å². The number of ether oxygens (including phenoxy) is 1. The van der Waals surface area contributed by atoms with Crippen LogP contribution in [0.2, 0.25) is 0 Å². The number of hydrogen-bond acceptors (Lipinski definition) is 2. The van der Waals surface area contributed by atoms with E-state index in [0.29, 0.717) is 6.04 Å². The second-order valence-electron chi connectivity index (χ2n) is 6.08. The van der Waals surface area contributed by atoms with Gasteiger partial charge in [-0.3, -0.25) is 0 Å². The molecule has 0 radical (unpaired) electrons. The van der Waals surface area contributed by atoms with Crippen LogP contribution >= 0.6 is 0 Å². The minimum Gasteiger partial charge on any atom is -0.379 e. The van der Waals surface area contributed by atoms with Crippen LogP contribution in [0.25, 0.3) is 0 Å². The molecule has 1 aromatic carbocycles. The van der Waals surface area contributed by atoms with Crippen molar-refractivity contribution in [1.29, 1.82) is 0 Å². The maximum atomic E-state index is 5.89. The van der Waals surface area contributed by atoms with Crippen LogP contribution in [0.5, 0.6) is 0 Å². The Hall–Kier alpha value is -0.860. The lowest BCUT2D eigenvalue weighted by Crippen LogP contribution is -2.26. The molecule has 0 heterocycles. The van der Waals surface area contributed by atoms with Gasteiger partial charge in [-0.15, -0.1) is 0 Å². The smallest absolute Gasteiger partial charge is 0.0661 e. The van der Waals surface area contributed by atoms with Crippen molar-refractivity contribution in [3.63, 3.8) is 0 Å². The molecule has 0 aliphatic rings. The van der Waals surface area contributed by atoms with Crippen LogP contribution in [0.1, 0.15) is 56.3 Å². The zero-order valence-corrected chi connectivity index (χ0v) is 13.8. The maximum absolute atomic E-state index is 5.89. The van der Waals surface area contributed by atoms with Gasteiger partial charge in [0.1, 0.15) is 0 Å². The number of rotatable bonds is 9. The third-order valence-electron chi connectivity index (χ3n) is 3.62. The minimum absolute atomic E-state index is 0.305. The van der Waals surface area contributed by atoms with Gasteiger partial charge in [-0.25, -0.2) is 0 Å². The Morgan fingerprint density at radius 1 is 1.20 bits per heavy atom. The predicted molar refractivity (Wildman–Crippen MR) is 87.2 cm³/mol. The average Bonchev–Trinajstić information content (AvgIpc) is 2.40. The van der Waals surface area contributed by atoms with E-state index in [2.05, 4.69) is 58.1 Å². The highest BCUT2D eigenvalue weighted by molar-refractivity contribution is 5.33. The Balaban J connectivity index is 2.53. The number of benzene rings is 1. The third-order valence-corrected chi connectivity index (χ3v) is 3.62. The van der Waals surface area contributed by atoms with Gasteiger partial charge in [0.2, 0.25) is 0 Å². The van der Waals surface area contributed by atoms with Crippen molar-refractivity contribution in [3.8, 4) is 0 Å². The predicted octanol–water partition coefficient (Wildman–Crippen LogP) is 4.41. The van der Waals surface area contributed by atoms with Gasteiger partial charge in [0.15, 0.2) is 0 Å². The molecule has 0 saturated heterocycles. The quantitative estimate of drug-likeness (QED) is 0.675. The summed E-state index contributed by atoms with van der Waals surface area (Å²) < 4.78 is 5.89. The van der Waals surface area contributed by atoms with Gasteiger partial charge in [0.25, 0.3) is 0 Å². The zero-order valence-electron chi connectivity index (χ0n) is 13.8. The molecule has 0 aliphatic carbocycles. The lowest BCUT2D eigenvalue weighted by Gasteiger charge is -2.21. The number of likely N-dealkylation sites (N-methyl/N-ethyl adjacent to an activating group) is 1. The van der Waals surface area contributed by atoms with Crippen LogP contribution in [0.15, 0.2) is 18.2 Å². The Kier molecular flexibility index (Phi) is 7.86. The molecule has 1 aromatic rings. The topological polar surface area (TPSA) is 21.3 Å². The fourth-order valence-corrected chi connectivity index (χ4v) is 2.44. The van der Waals surface area contributed by atoms with Gasteiger partial charge in [-0.2, -0.15) is 0 Å². The summed E-state index contributed by atoms with van der Waals surface area (Å²) in [5, 5.41) is 3.54. The zero-order chi connectivity index (χ0) is 15.0. The van der Waals surface area contributed by atoms with E-state index < -0.39 is 0 Å². The molecule has 2 heteroatoms. The second-order valence-corrected chi connectivity index (χ2v) is 6.08. The molecule has 1 rings (SSSR count). The lowest BCUT2D eigenvalue weighted by atomic mass is 9.99.